The minimum Gasteiger partial charge on any atom is -0.370 e. The summed E-state index contributed by atoms with van der Waals surface area (Å²) >= 11 is 0. The number of ether oxygens (including phenoxy) is 1. The van der Waals surface area contributed by atoms with Crippen LogP contribution < -0.4 is 5.43 Å². The van der Waals surface area contributed by atoms with Crippen molar-refractivity contribution in [3.05, 3.63) is 35.4 Å². The molecule has 108 valence electrons. The lowest BCUT2D eigenvalue weighted by Gasteiger charge is -2.26. The van der Waals surface area contributed by atoms with Crippen molar-refractivity contribution in [1.29, 1.82) is 0 Å². The first kappa shape index (κ1) is 14.3. The molecule has 1 fully saturated rings. The second-order valence-electron chi connectivity index (χ2n) is 4.12. The molecule has 0 atom stereocenters. The molecule has 0 unspecified atom stereocenters. The number of alkyl halides is 3. The van der Waals surface area contributed by atoms with Crippen LogP contribution in [0.25, 0.3) is 0 Å². The topological polar surface area (TPSA) is 58.6 Å². The fourth-order valence-electron chi connectivity index (χ4n) is 1.66. The van der Waals surface area contributed by atoms with E-state index < -0.39 is 23.6 Å². The maximum atomic E-state index is 12.5. The van der Waals surface area contributed by atoms with Crippen LogP contribution in [0, 0.1) is 0 Å². The number of halogens is 3. The molecule has 0 radical (unpaired) electrons. The van der Waals surface area contributed by atoms with E-state index in [-0.39, 0.29) is 25.3 Å². The molecule has 0 spiro atoms. The van der Waals surface area contributed by atoms with Crippen LogP contribution in [-0.2, 0) is 15.7 Å². The van der Waals surface area contributed by atoms with Gasteiger partial charge in [-0.25, -0.2) is 5.01 Å². The molecule has 1 aliphatic heterocycles. The zero-order chi connectivity index (χ0) is 14.8. The number of benzene rings is 1. The van der Waals surface area contributed by atoms with Gasteiger partial charge in [0.2, 0.25) is 0 Å². The summed E-state index contributed by atoms with van der Waals surface area (Å²) in [6.07, 6.45) is -4.52. The maximum absolute atomic E-state index is 12.5. The first-order valence-corrected chi connectivity index (χ1v) is 5.74. The highest BCUT2D eigenvalue weighted by Crippen LogP contribution is 2.29. The Kier molecular flexibility index (Phi) is 3.93. The van der Waals surface area contributed by atoms with Crippen molar-refractivity contribution in [3.8, 4) is 0 Å². The Hall–Kier alpha value is -2.09. The number of nitrogens with one attached hydrogen (secondary N) is 1. The van der Waals surface area contributed by atoms with Crippen LogP contribution >= 0.6 is 0 Å². The van der Waals surface area contributed by atoms with Crippen molar-refractivity contribution in [3.63, 3.8) is 0 Å². The zero-order valence-electron chi connectivity index (χ0n) is 10.2. The van der Waals surface area contributed by atoms with E-state index in [1.54, 1.807) is 0 Å². The Bertz CT molecular complexity index is 531. The number of amides is 2. The van der Waals surface area contributed by atoms with Gasteiger partial charge >= 0.3 is 6.18 Å². The van der Waals surface area contributed by atoms with Gasteiger partial charge in [-0.15, -0.1) is 0 Å². The molecule has 0 bridgehead atoms. The lowest BCUT2D eigenvalue weighted by molar-refractivity contribution is -0.145. The number of hydrogen-bond donors (Lipinski definition) is 1. The summed E-state index contributed by atoms with van der Waals surface area (Å²) in [6.45, 7) is 0.251. The lowest BCUT2D eigenvalue weighted by Crippen LogP contribution is -2.52. The van der Waals surface area contributed by atoms with Crippen LogP contribution in [0.15, 0.2) is 24.3 Å². The van der Waals surface area contributed by atoms with Gasteiger partial charge in [0.15, 0.2) is 0 Å². The third kappa shape index (κ3) is 3.27. The highest BCUT2D eigenvalue weighted by molar-refractivity contribution is 5.95. The van der Waals surface area contributed by atoms with E-state index in [4.69, 9.17) is 4.74 Å². The van der Waals surface area contributed by atoms with Crippen molar-refractivity contribution < 1.29 is 27.5 Å². The van der Waals surface area contributed by atoms with Crippen LogP contribution in [0.2, 0.25) is 0 Å². The number of carbonyl (C=O) groups is 2. The summed E-state index contributed by atoms with van der Waals surface area (Å²) in [5.41, 5.74) is 1.18. The minimum atomic E-state index is -4.52. The molecule has 1 N–H and O–H groups in total. The average Bonchev–Trinajstić information content (AvgIpc) is 2.40. The Morgan fingerprint density at radius 1 is 1.35 bits per heavy atom. The first-order valence-electron chi connectivity index (χ1n) is 5.74. The number of carbonyl (C=O) groups excluding carboxylic acids is 2. The molecule has 20 heavy (non-hydrogen) atoms. The van der Waals surface area contributed by atoms with E-state index in [0.717, 1.165) is 23.2 Å². The Labute approximate surface area is 112 Å². The van der Waals surface area contributed by atoms with Gasteiger partial charge in [0.05, 0.1) is 18.7 Å². The van der Waals surface area contributed by atoms with Crippen LogP contribution in [0.3, 0.4) is 0 Å². The predicted octanol–water partition coefficient (Wildman–Crippen LogP) is 1.21. The summed E-state index contributed by atoms with van der Waals surface area (Å²) in [5, 5.41) is 1.03. The van der Waals surface area contributed by atoms with Gasteiger partial charge in [0.1, 0.15) is 6.61 Å². The molecule has 0 aromatic heterocycles. The molecule has 1 saturated heterocycles. The van der Waals surface area contributed by atoms with Gasteiger partial charge in [-0.3, -0.25) is 15.0 Å². The normalized spacial score (nSPS) is 16.1. The van der Waals surface area contributed by atoms with Crippen LogP contribution in [0.4, 0.5) is 13.2 Å². The summed E-state index contributed by atoms with van der Waals surface area (Å²) in [7, 11) is 0. The zero-order valence-corrected chi connectivity index (χ0v) is 10.2. The van der Waals surface area contributed by atoms with E-state index in [2.05, 4.69) is 5.43 Å². The lowest BCUT2D eigenvalue weighted by atomic mass is 10.1. The van der Waals surface area contributed by atoms with Gasteiger partial charge in [0.25, 0.3) is 11.8 Å². The molecule has 5 nitrogen and oxygen atoms in total. The fourth-order valence-corrected chi connectivity index (χ4v) is 1.66. The minimum absolute atomic E-state index is 0.156. The van der Waals surface area contributed by atoms with Gasteiger partial charge in [0, 0.05) is 5.56 Å². The maximum Gasteiger partial charge on any atom is 0.416 e. The number of nitrogens with zero attached hydrogens (tertiary/aromatic N) is 1. The van der Waals surface area contributed by atoms with Crippen molar-refractivity contribution in [1.82, 2.24) is 10.4 Å². The molecular weight excluding hydrogens is 277 g/mol. The quantitative estimate of drug-likeness (QED) is 0.890. The molecule has 1 heterocycles. The van der Waals surface area contributed by atoms with E-state index in [1.165, 1.54) is 6.07 Å². The van der Waals surface area contributed by atoms with Crippen LogP contribution in [0.5, 0.6) is 0 Å². The van der Waals surface area contributed by atoms with Gasteiger partial charge < -0.3 is 4.74 Å². The highest BCUT2D eigenvalue weighted by Gasteiger charge is 2.31. The molecule has 2 amide bonds. The van der Waals surface area contributed by atoms with Gasteiger partial charge in [-0.2, -0.15) is 13.2 Å². The Balaban J connectivity index is 2.11. The third-order valence-electron chi connectivity index (χ3n) is 2.67. The van der Waals surface area contributed by atoms with Crippen LogP contribution in [0.1, 0.15) is 15.9 Å². The van der Waals surface area contributed by atoms with Crippen LogP contribution in [-0.4, -0.2) is 36.6 Å². The smallest absolute Gasteiger partial charge is 0.370 e. The standard InChI is InChI=1S/C12H11F3N2O3/c13-12(14,15)9-3-1-2-8(6-9)11(19)16-17-4-5-20-7-10(17)18/h1-3,6H,4-5,7H2,(H,16,19). The average molecular weight is 288 g/mol. The number of hydrazine groups is 1. The number of hydrogen-bond acceptors (Lipinski definition) is 3. The van der Waals surface area contributed by atoms with Gasteiger partial charge in [-0.05, 0) is 18.2 Å². The molecule has 0 saturated carbocycles. The fraction of sp³-hybridized carbons (Fsp3) is 0.333. The summed E-state index contributed by atoms with van der Waals surface area (Å²) < 4.78 is 42.5. The molecule has 2 rings (SSSR count). The highest BCUT2D eigenvalue weighted by atomic mass is 19.4. The van der Waals surface area contributed by atoms with Gasteiger partial charge in [-0.1, -0.05) is 6.07 Å². The van der Waals surface area contributed by atoms with E-state index in [0.29, 0.717) is 0 Å². The first-order chi connectivity index (χ1) is 9.38. The molecule has 8 heteroatoms. The second kappa shape index (κ2) is 5.49. The Morgan fingerprint density at radius 3 is 2.75 bits per heavy atom. The molecule has 1 aromatic carbocycles. The summed E-state index contributed by atoms with van der Waals surface area (Å²) in [5.74, 6) is -1.22. The van der Waals surface area contributed by atoms with E-state index >= 15 is 0 Å². The number of morpholine rings is 1. The summed E-state index contributed by atoms with van der Waals surface area (Å²) in [4.78, 5) is 23.2. The Morgan fingerprint density at radius 2 is 2.10 bits per heavy atom. The van der Waals surface area contributed by atoms with Crippen molar-refractivity contribution in [2.75, 3.05) is 19.8 Å². The summed E-state index contributed by atoms with van der Waals surface area (Å²) in [6, 6.07) is 3.99. The predicted molar refractivity (Wildman–Crippen MR) is 61.4 cm³/mol. The molecule has 1 aromatic rings. The van der Waals surface area contributed by atoms with Crippen molar-refractivity contribution >= 4 is 11.8 Å². The van der Waals surface area contributed by atoms with E-state index in [1.807, 2.05) is 0 Å². The molecule has 0 aliphatic carbocycles. The monoisotopic (exact) mass is 288 g/mol. The third-order valence-corrected chi connectivity index (χ3v) is 2.67. The second-order valence-corrected chi connectivity index (χ2v) is 4.12. The number of rotatable bonds is 2. The van der Waals surface area contributed by atoms with Crippen molar-refractivity contribution in [2.24, 2.45) is 0 Å². The van der Waals surface area contributed by atoms with Crippen molar-refractivity contribution in [2.45, 2.75) is 6.18 Å². The SMILES string of the molecule is O=C(NN1CCOCC1=O)c1cccc(C(F)(F)F)c1. The molecular formula is C12H11F3N2O3. The van der Waals surface area contributed by atoms with E-state index in [9.17, 15) is 22.8 Å². The molecule has 1 aliphatic rings. The largest absolute Gasteiger partial charge is 0.416 e.